The number of carbonyl (C=O) groups is 1. The molecular formula is C30H31FN4O. The van der Waals surface area contributed by atoms with E-state index in [-0.39, 0.29) is 23.7 Å². The molecular weight excluding hydrogens is 451 g/mol. The highest BCUT2D eigenvalue weighted by Gasteiger charge is 2.30. The van der Waals surface area contributed by atoms with E-state index >= 15 is 0 Å². The van der Waals surface area contributed by atoms with Crippen LogP contribution in [0.5, 0.6) is 0 Å². The molecule has 1 fully saturated rings. The first-order chi connectivity index (χ1) is 17.7. The molecule has 4 aromatic rings. The van der Waals surface area contributed by atoms with Crippen molar-refractivity contribution in [3.05, 3.63) is 95.3 Å². The summed E-state index contributed by atoms with van der Waals surface area (Å²) in [6.45, 7) is 2.19. The van der Waals surface area contributed by atoms with Crippen molar-refractivity contribution < 1.29 is 9.18 Å². The molecule has 184 valence electrons. The molecule has 1 aliphatic carbocycles. The first-order valence-electron chi connectivity index (χ1n) is 13.0. The molecule has 0 saturated carbocycles. The zero-order valence-corrected chi connectivity index (χ0v) is 20.4. The van der Waals surface area contributed by atoms with Gasteiger partial charge in [0.2, 0.25) is 11.9 Å². The Kier molecular flexibility index (Phi) is 6.18. The topological polar surface area (TPSA) is 50.2 Å². The summed E-state index contributed by atoms with van der Waals surface area (Å²) in [5.74, 6) is 0.883. The quantitative estimate of drug-likeness (QED) is 0.401. The Morgan fingerprint density at radius 3 is 2.53 bits per heavy atom. The zero-order valence-electron chi connectivity index (χ0n) is 20.4. The number of imidazole rings is 1. The predicted octanol–water partition coefficient (Wildman–Crippen LogP) is 5.63. The fourth-order valence-corrected chi connectivity index (χ4v) is 5.77. The molecule has 6 rings (SSSR count). The second-order valence-corrected chi connectivity index (χ2v) is 10.0. The number of nitrogens with zero attached hydrogens (tertiary/aromatic N) is 3. The van der Waals surface area contributed by atoms with Crippen molar-refractivity contribution in [2.24, 2.45) is 5.92 Å². The van der Waals surface area contributed by atoms with Crippen LogP contribution < -0.4 is 10.2 Å². The van der Waals surface area contributed by atoms with E-state index in [9.17, 15) is 9.18 Å². The van der Waals surface area contributed by atoms with Gasteiger partial charge in [-0.25, -0.2) is 9.37 Å². The number of anilines is 1. The second-order valence-electron chi connectivity index (χ2n) is 10.0. The number of aromatic nitrogens is 2. The highest BCUT2D eigenvalue weighted by atomic mass is 19.1. The fraction of sp³-hybridized carbons (Fsp3) is 0.333. The molecule has 3 aromatic carbocycles. The summed E-state index contributed by atoms with van der Waals surface area (Å²) in [6, 6.07) is 23.4. The third-order valence-corrected chi connectivity index (χ3v) is 7.72. The first kappa shape index (κ1) is 22.8. The minimum atomic E-state index is -0.230. The molecule has 0 bridgehead atoms. The Morgan fingerprint density at radius 2 is 1.69 bits per heavy atom. The molecule has 1 atom stereocenters. The lowest BCUT2D eigenvalue weighted by Gasteiger charge is -2.34. The van der Waals surface area contributed by atoms with Crippen molar-refractivity contribution in [2.45, 2.75) is 44.7 Å². The van der Waals surface area contributed by atoms with Gasteiger partial charge in [-0.2, -0.15) is 0 Å². The van der Waals surface area contributed by atoms with Crippen LogP contribution >= 0.6 is 0 Å². The van der Waals surface area contributed by atoms with E-state index in [0.717, 1.165) is 67.7 Å². The van der Waals surface area contributed by atoms with Gasteiger partial charge in [0.25, 0.3) is 0 Å². The average molecular weight is 483 g/mol. The molecule has 2 aliphatic rings. The highest BCUT2D eigenvalue weighted by Crippen LogP contribution is 2.31. The van der Waals surface area contributed by atoms with Crippen molar-refractivity contribution in [1.82, 2.24) is 14.9 Å². The fourth-order valence-electron chi connectivity index (χ4n) is 5.77. The van der Waals surface area contributed by atoms with Gasteiger partial charge in [-0.1, -0.05) is 48.5 Å². The number of nitrogens with one attached hydrogen (secondary N) is 1. The maximum atomic E-state index is 13.5. The molecule has 5 nitrogen and oxygen atoms in total. The van der Waals surface area contributed by atoms with Gasteiger partial charge in [-0.05, 0) is 73.1 Å². The Balaban J connectivity index is 1.16. The summed E-state index contributed by atoms with van der Waals surface area (Å²) >= 11 is 0. The number of hydrogen-bond donors (Lipinski definition) is 1. The molecule has 0 spiro atoms. The largest absolute Gasteiger partial charge is 0.349 e. The number of amides is 1. The lowest BCUT2D eigenvalue weighted by molar-refractivity contribution is -0.126. The third-order valence-electron chi connectivity index (χ3n) is 7.72. The van der Waals surface area contributed by atoms with Crippen LogP contribution in [0, 0.1) is 11.7 Å². The third kappa shape index (κ3) is 4.48. The summed E-state index contributed by atoms with van der Waals surface area (Å²) in [5.41, 5.74) is 5.69. The number of rotatable bonds is 5. The molecule has 1 amide bonds. The van der Waals surface area contributed by atoms with Crippen LogP contribution in [0.1, 0.15) is 48.4 Å². The molecule has 0 radical (unpaired) electrons. The van der Waals surface area contributed by atoms with Crippen molar-refractivity contribution in [1.29, 1.82) is 0 Å². The van der Waals surface area contributed by atoms with Gasteiger partial charge < -0.3 is 14.8 Å². The van der Waals surface area contributed by atoms with Gasteiger partial charge in [-0.15, -0.1) is 0 Å². The molecule has 1 N–H and O–H groups in total. The van der Waals surface area contributed by atoms with Crippen LogP contribution in [-0.2, 0) is 17.8 Å². The number of halogens is 1. The van der Waals surface area contributed by atoms with Crippen LogP contribution in [0.25, 0.3) is 11.0 Å². The van der Waals surface area contributed by atoms with Crippen molar-refractivity contribution >= 4 is 22.9 Å². The van der Waals surface area contributed by atoms with Gasteiger partial charge in [0, 0.05) is 19.0 Å². The van der Waals surface area contributed by atoms with E-state index in [1.807, 2.05) is 30.3 Å². The Bertz CT molecular complexity index is 1370. The van der Waals surface area contributed by atoms with Gasteiger partial charge in [-0.3, -0.25) is 4.79 Å². The number of piperidine rings is 1. The van der Waals surface area contributed by atoms with Crippen LogP contribution in [0.4, 0.5) is 10.3 Å². The summed E-state index contributed by atoms with van der Waals surface area (Å²) in [6.07, 6.45) is 4.83. The Morgan fingerprint density at radius 1 is 0.944 bits per heavy atom. The number of carbonyl (C=O) groups excluding carboxylic acids is 1. The minimum Gasteiger partial charge on any atom is -0.349 e. The molecule has 1 aliphatic heterocycles. The van der Waals surface area contributed by atoms with E-state index < -0.39 is 0 Å². The average Bonchev–Trinajstić information content (AvgIpc) is 3.28. The maximum absolute atomic E-state index is 13.5. The maximum Gasteiger partial charge on any atom is 0.223 e. The summed E-state index contributed by atoms with van der Waals surface area (Å²) in [4.78, 5) is 20.5. The molecule has 36 heavy (non-hydrogen) atoms. The number of benzene rings is 3. The molecule has 1 aromatic heterocycles. The Labute approximate surface area is 211 Å². The van der Waals surface area contributed by atoms with Crippen molar-refractivity contribution in [3.8, 4) is 0 Å². The summed E-state index contributed by atoms with van der Waals surface area (Å²) < 4.78 is 15.7. The van der Waals surface area contributed by atoms with Crippen molar-refractivity contribution in [2.75, 3.05) is 18.0 Å². The zero-order chi connectivity index (χ0) is 24.5. The number of hydrogen-bond acceptors (Lipinski definition) is 3. The minimum absolute atomic E-state index is 0.0188. The van der Waals surface area contributed by atoms with Crippen molar-refractivity contribution in [3.63, 3.8) is 0 Å². The normalized spacial score (nSPS) is 18.2. The first-order valence-corrected chi connectivity index (χ1v) is 13.0. The van der Waals surface area contributed by atoms with Gasteiger partial charge in [0.1, 0.15) is 5.82 Å². The molecule has 0 unspecified atom stereocenters. The molecule has 1 saturated heterocycles. The van der Waals surface area contributed by atoms with E-state index in [2.05, 4.69) is 45.1 Å². The smallest absolute Gasteiger partial charge is 0.223 e. The molecule has 2 heterocycles. The van der Waals surface area contributed by atoms with E-state index in [0.29, 0.717) is 6.54 Å². The number of aryl methyl sites for hydroxylation is 1. The van der Waals surface area contributed by atoms with Crippen LogP contribution in [-0.4, -0.2) is 28.5 Å². The highest BCUT2D eigenvalue weighted by molar-refractivity contribution is 5.80. The summed E-state index contributed by atoms with van der Waals surface area (Å²) in [7, 11) is 0. The number of para-hydroxylation sites is 2. The van der Waals surface area contributed by atoms with E-state index in [4.69, 9.17) is 4.98 Å². The van der Waals surface area contributed by atoms with E-state index in [1.54, 1.807) is 0 Å². The van der Waals surface area contributed by atoms with Gasteiger partial charge in [0.05, 0.1) is 23.6 Å². The molecule has 6 heteroatoms. The Hall–Kier alpha value is -3.67. The van der Waals surface area contributed by atoms with Gasteiger partial charge >= 0.3 is 0 Å². The lowest BCUT2D eigenvalue weighted by atomic mass is 9.87. The van der Waals surface area contributed by atoms with Crippen LogP contribution in [0.3, 0.4) is 0 Å². The SMILES string of the molecule is O=C(N[C@@H]1CCCc2ccccc21)C1CCN(c2nc3ccccc3n2Cc2ccc(F)cc2)CC1. The van der Waals surface area contributed by atoms with Gasteiger partial charge in [0.15, 0.2) is 0 Å². The summed E-state index contributed by atoms with van der Waals surface area (Å²) in [5, 5.41) is 3.36. The standard InChI is InChI=1S/C30H31FN4O/c31-24-14-12-21(13-15-24)20-35-28-11-4-3-9-27(28)33-30(35)34-18-16-23(17-19-34)29(36)32-26-10-5-7-22-6-1-2-8-25(22)26/h1-4,6,8-9,11-15,23,26H,5,7,10,16-20H2,(H,32,36)/t26-/m1/s1. The number of fused-ring (bicyclic) bond motifs is 2. The van der Waals surface area contributed by atoms with E-state index in [1.165, 1.54) is 23.3 Å². The van der Waals surface area contributed by atoms with Crippen LogP contribution in [0.2, 0.25) is 0 Å². The monoisotopic (exact) mass is 482 g/mol. The lowest BCUT2D eigenvalue weighted by Crippen LogP contribution is -2.42. The second kappa shape index (κ2) is 9.76. The van der Waals surface area contributed by atoms with Crippen LogP contribution in [0.15, 0.2) is 72.8 Å². The predicted molar refractivity (Wildman–Crippen MR) is 140 cm³/mol.